The number of carbonyl (C=O) groups is 3. The second kappa shape index (κ2) is 13.7. The number of benzene rings is 2. The van der Waals surface area contributed by atoms with Gasteiger partial charge in [-0.2, -0.15) is 0 Å². The Morgan fingerprint density at radius 2 is 1.70 bits per heavy atom. The number of nitrogens with two attached hydrogens (primary N) is 1. The standard InChI is InChI=1S/C50H56N2O8/c1-26(2)13-12-20-48(8)21-19-31-42(54)37-40-38-35(36-39(52(40)24-23-51)29-14-10-11-15-30(29)41(36)53)33-25-34-47(6,7)60-49(45(33)55,22-18-28(5)46(56)57-9)50(34,38)59-44(37)32(43(31)58-48)17-16-27(3)4/h10-11,13-16,18-19,21,33-35,54H,12,17,20,22-25,51H2,1-9H3/b28-18-. The number of aromatic hydroxyl groups is 1. The number of phenolic OH excluding ortho intramolecular Hbond substituents is 1. The van der Waals surface area contributed by atoms with Crippen molar-refractivity contribution in [3.05, 3.63) is 104 Å². The number of ketones is 2. The van der Waals surface area contributed by atoms with E-state index in [9.17, 15) is 14.7 Å². The van der Waals surface area contributed by atoms with Crippen LogP contribution in [0.5, 0.6) is 17.2 Å². The maximum atomic E-state index is 15.7. The van der Waals surface area contributed by atoms with Gasteiger partial charge in [0.15, 0.2) is 22.8 Å². The Morgan fingerprint density at radius 3 is 2.38 bits per heavy atom. The van der Waals surface area contributed by atoms with Crippen LogP contribution >= 0.6 is 0 Å². The maximum absolute atomic E-state index is 15.7. The molecule has 6 unspecified atom stereocenters. The molecular formula is C50H56N2O8. The minimum absolute atomic E-state index is 0.000825. The van der Waals surface area contributed by atoms with Crippen molar-refractivity contribution in [1.82, 2.24) is 4.90 Å². The highest BCUT2D eigenvalue weighted by molar-refractivity contribution is 6.23. The molecule has 10 nitrogen and oxygen atoms in total. The molecule has 6 atom stereocenters. The van der Waals surface area contributed by atoms with Crippen molar-refractivity contribution in [1.29, 1.82) is 0 Å². The Morgan fingerprint density at radius 1 is 0.983 bits per heavy atom. The van der Waals surface area contributed by atoms with Gasteiger partial charge >= 0.3 is 5.97 Å². The number of Topliss-reactive ketones (excluding diaryl/α,β-unsaturated/α-hetero) is 2. The first-order valence-electron chi connectivity index (χ1n) is 21.3. The zero-order chi connectivity index (χ0) is 42.8. The summed E-state index contributed by atoms with van der Waals surface area (Å²) in [6.07, 6.45) is 12.4. The van der Waals surface area contributed by atoms with Crippen LogP contribution < -0.4 is 15.2 Å². The van der Waals surface area contributed by atoms with E-state index >= 15 is 4.79 Å². The van der Waals surface area contributed by atoms with Gasteiger partial charge in [0.1, 0.15) is 22.8 Å². The van der Waals surface area contributed by atoms with Gasteiger partial charge in [-0.3, -0.25) is 9.59 Å². The predicted octanol–water partition coefficient (Wildman–Crippen LogP) is 8.43. The minimum atomic E-state index is -1.60. The van der Waals surface area contributed by atoms with Crippen molar-refractivity contribution in [2.45, 2.75) is 110 Å². The van der Waals surface area contributed by atoms with E-state index in [0.717, 1.165) is 34.4 Å². The van der Waals surface area contributed by atoms with Gasteiger partial charge in [0.25, 0.3) is 0 Å². The summed E-state index contributed by atoms with van der Waals surface area (Å²) < 4.78 is 27.2. The summed E-state index contributed by atoms with van der Waals surface area (Å²) >= 11 is 0. The van der Waals surface area contributed by atoms with Crippen molar-refractivity contribution >= 4 is 35.0 Å². The lowest BCUT2D eigenvalue weighted by Crippen LogP contribution is -2.75. The Labute approximate surface area is 352 Å². The molecule has 4 bridgehead atoms. The number of esters is 1. The molecule has 4 aliphatic carbocycles. The lowest BCUT2D eigenvalue weighted by atomic mass is 9.44. The monoisotopic (exact) mass is 812 g/mol. The zero-order valence-electron chi connectivity index (χ0n) is 36.2. The van der Waals surface area contributed by atoms with Crippen molar-refractivity contribution in [3.8, 4) is 17.2 Å². The van der Waals surface area contributed by atoms with Crippen LogP contribution in [0, 0.1) is 17.8 Å². The maximum Gasteiger partial charge on any atom is 0.333 e. The lowest BCUT2D eigenvalue weighted by Gasteiger charge is -2.63. The second-order valence-corrected chi connectivity index (χ2v) is 18.9. The first-order chi connectivity index (χ1) is 28.5. The molecule has 4 fully saturated rings. The predicted molar refractivity (Wildman–Crippen MR) is 230 cm³/mol. The van der Waals surface area contributed by atoms with E-state index in [-0.39, 0.29) is 36.2 Å². The Balaban J connectivity index is 1.39. The molecule has 10 rings (SSSR count). The highest BCUT2D eigenvalue weighted by Crippen LogP contribution is 2.75. The average Bonchev–Trinajstić information content (AvgIpc) is 3.57. The van der Waals surface area contributed by atoms with E-state index in [1.807, 2.05) is 64.1 Å². The SMILES string of the molecule is COC(=O)/C(C)=C\CC12OC(C)(C)C3CC(C1=O)C1C4=C(c5ccccc5C4=O)N(CCN)C4=C1C32Oc1c(CC=C(C)C)c2c(c(O)c14)C=CC(C)(CCC=C(C)C)O2. The van der Waals surface area contributed by atoms with Crippen LogP contribution in [0.15, 0.2) is 76.4 Å². The summed E-state index contributed by atoms with van der Waals surface area (Å²) in [7, 11) is 1.33. The molecule has 0 aromatic heterocycles. The van der Waals surface area contributed by atoms with Crippen LogP contribution in [0.1, 0.15) is 114 Å². The van der Waals surface area contributed by atoms with Crippen LogP contribution in [0.3, 0.4) is 0 Å². The van der Waals surface area contributed by atoms with E-state index < -0.39 is 40.2 Å². The van der Waals surface area contributed by atoms with Gasteiger partial charge in [0.2, 0.25) is 0 Å². The third-order valence-electron chi connectivity index (χ3n) is 14.2. The number of hydrogen-bond acceptors (Lipinski definition) is 10. The van der Waals surface area contributed by atoms with Crippen LogP contribution in [-0.4, -0.2) is 70.1 Å². The zero-order valence-corrected chi connectivity index (χ0v) is 36.2. The van der Waals surface area contributed by atoms with Crippen LogP contribution in [0.25, 0.3) is 17.5 Å². The summed E-state index contributed by atoms with van der Waals surface area (Å²) in [5.41, 5.74) is 10.4. The molecule has 4 heterocycles. The van der Waals surface area contributed by atoms with E-state index in [1.54, 1.807) is 13.0 Å². The van der Waals surface area contributed by atoms with Crippen molar-refractivity contribution in [2.24, 2.45) is 23.5 Å². The molecule has 0 radical (unpaired) electrons. The lowest BCUT2D eigenvalue weighted by molar-refractivity contribution is -0.181. The number of carbonyl (C=O) groups excluding carboxylic acids is 3. The van der Waals surface area contributed by atoms with Crippen molar-refractivity contribution < 1.29 is 38.4 Å². The normalized spacial score (nSPS) is 29.6. The van der Waals surface area contributed by atoms with Crippen molar-refractivity contribution in [3.63, 3.8) is 0 Å². The number of fused-ring (bicyclic) bond motifs is 5. The molecule has 2 aromatic carbocycles. The van der Waals surface area contributed by atoms with E-state index in [0.29, 0.717) is 70.8 Å². The smallest absolute Gasteiger partial charge is 0.333 e. The number of methoxy groups -OCH3 is 1. The third kappa shape index (κ3) is 5.28. The van der Waals surface area contributed by atoms with Gasteiger partial charge in [0.05, 0.1) is 35.2 Å². The molecule has 314 valence electrons. The number of allylic oxidation sites excluding steroid dienone is 5. The Kier molecular flexibility index (Phi) is 9.16. The second-order valence-electron chi connectivity index (χ2n) is 18.9. The van der Waals surface area contributed by atoms with Gasteiger partial charge < -0.3 is 34.7 Å². The first kappa shape index (κ1) is 40.2. The number of rotatable bonds is 10. The quantitative estimate of drug-likeness (QED) is 0.137. The van der Waals surface area contributed by atoms with Gasteiger partial charge in [-0.15, -0.1) is 0 Å². The fraction of sp³-hybridized carbons (Fsp3) is 0.460. The third-order valence-corrected chi connectivity index (χ3v) is 14.2. The van der Waals surface area contributed by atoms with E-state index in [4.69, 9.17) is 24.7 Å². The number of nitrogens with zero attached hydrogens (tertiary/aromatic N) is 1. The molecule has 0 amide bonds. The topological polar surface area (TPSA) is 138 Å². The summed E-state index contributed by atoms with van der Waals surface area (Å²) in [5, 5.41) is 12.9. The summed E-state index contributed by atoms with van der Waals surface area (Å²) in [6.45, 7) is 16.6. The van der Waals surface area contributed by atoms with Gasteiger partial charge in [-0.05, 0) is 93.2 Å². The Hall–Kier alpha value is -5.19. The van der Waals surface area contributed by atoms with Crippen LogP contribution in [-0.2, 0) is 25.5 Å². The minimum Gasteiger partial charge on any atom is -0.506 e. The first-order valence-corrected chi connectivity index (χ1v) is 21.3. The molecule has 3 N–H and O–H groups in total. The molecular weight excluding hydrogens is 757 g/mol. The highest BCUT2D eigenvalue weighted by atomic mass is 16.6. The van der Waals surface area contributed by atoms with Gasteiger partial charge in [0, 0.05) is 70.7 Å². The molecule has 2 aromatic rings. The van der Waals surface area contributed by atoms with Gasteiger partial charge in [-0.1, -0.05) is 53.6 Å². The molecule has 1 saturated heterocycles. The summed E-state index contributed by atoms with van der Waals surface area (Å²) in [5.74, 6) is -1.49. The molecule has 1 spiro atoms. The van der Waals surface area contributed by atoms with Crippen LogP contribution in [0.2, 0.25) is 0 Å². The van der Waals surface area contributed by atoms with Crippen LogP contribution in [0.4, 0.5) is 0 Å². The van der Waals surface area contributed by atoms with Crippen molar-refractivity contribution in [2.75, 3.05) is 20.2 Å². The van der Waals surface area contributed by atoms with E-state index in [2.05, 4.69) is 37.8 Å². The highest BCUT2D eigenvalue weighted by Gasteiger charge is 2.84. The average molecular weight is 813 g/mol. The largest absolute Gasteiger partial charge is 0.506 e. The fourth-order valence-corrected chi connectivity index (χ4v) is 11.6. The molecule has 4 aliphatic heterocycles. The number of phenols is 1. The number of hydrogen-bond donors (Lipinski definition) is 2. The summed E-state index contributed by atoms with van der Waals surface area (Å²) in [6, 6.07) is 7.59. The molecule has 60 heavy (non-hydrogen) atoms. The molecule has 8 aliphatic rings. The molecule has 10 heteroatoms. The summed E-state index contributed by atoms with van der Waals surface area (Å²) in [4.78, 5) is 45.6. The number of ether oxygens (including phenoxy) is 4. The molecule has 3 saturated carbocycles. The van der Waals surface area contributed by atoms with Gasteiger partial charge in [-0.25, -0.2) is 4.79 Å². The van der Waals surface area contributed by atoms with E-state index in [1.165, 1.54) is 12.7 Å². The Bertz CT molecular complexity index is 2490. The fourth-order valence-electron chi connectivity index (χ4n) is 11.6.